The second kappa shape index (κ2) is 3.50. The standard InChI is InChI=1S/C13H14N2O/c1-2-9-4-12-11-3-10(6-14-7-11)8-15(12)13(16)5-9/h1,4-5,10-11,14H,3,6-8H2/t10-,11+/m0/s1. The number of hydrogen-bond acceptors (Lipinski definition) is 2. The molecule has 1 saturated heterocycles. The van der Waals surface area contributed by atoms with E-state index < -0.39 is 0 Å². The summed E-state index contributed by atoms with van der Waals surface area (Å²) in [5, 5.41) is 3.42. The van der Waals surface area contributed by atoms with E-state index in [9.17, 15) is 4.79 Å². The van der Waals surface area contributed by atoms with E-state index in [1.165, 1.54) is 6.42 Å². The minimum absolute atomic E-state index is 0.0575. The SMILES string of the molecule is C#Cc1cc2n(c(=O)c1)C[C@@H]1CNC[C@H]2C1. The van der Waals surface area contributed by atoms with Gasteiger partial charge in [-0.25, -0.2) is 0 Å². The molecule has 2 atom stereocenters. The van der Waals surface area contributed by atoms with E-state index >= 15 is 0 Å². The molecular weight excluding hydrogens is 200 g/mol. The van der Waals surface area contributed by atoms with Crippen molar-refractivity contribution in [2.75, 3.05) is 13.1 Å². The van der Waals surface area contributed by atoms with Crippen LogP contribution in [0.2, 0.25) is 0 Å². The molecule has 3 nitrogen and oxygen atoms in total. The molecular formula is C13H14N2O. The maximum Gasteiger partial charge on any atom is 0.251 e. The van der Waals surface area contributed by atoms with Crippen molar-refractivity contribution < 1.29 is 0 Å². The molecule has 1 N–H and O–H groups in total. The van der Waals surface area contributed by atoms with E-state index in [0.29, 0.717) is 17.4 Å². The van der Waals surface area contributed by atoms with Crippen LogP contribution in [0.25, 0.3) is 0 Å². The molecule has 2 bridgehead atoms. The number of nitrogens with zero attached hydrogens (tertiary/aromatic N) is 1. The van der Waals surface area contributed by atoms with Gasteiger partial charge in [0, 0.05) is 36.3 Å². The summed E-state index contributed by atoms with van der Waals surface area (Å²) in [6.45, 7) is 2.83. The van der Waals surface area contributed by atoms with Gasteiger partial charge in [0.2, 0.25) is 0 Å². The van der Waals surface area contributed by atoms with Crippen LogP contribution < -0.4 is 10.9 Å². The van der Waals surface area contributed by atoms with Crippen LogP contribution in [0.4, 0.5) is 0 Å². The summed E-state index contributed by atoms with van der Waals surface area (Å²) in [4.78, 5) is 11.9. The van der Waals surface area contributed by atoms with Crippen LogP contribution >= 0.6 is 0 Å². The first-order valence-corrected chi connectivity index (χ1v) is 5.70. The molecule has 0 unspecified atom stereocenters. The number of rotatable bonds is 0. The monoisotopic (exact) mass is 214 g/mol. The van der Waals surface area contributed by atoms with Gasteiger partial charge in [-0.15, -0.1) is 6.42 Å². The number of aromatic nitrogens is 1. The Morgan fingerprint density at radius 3 is 3.12 bits per heavy atom. The molecule has 0 amide bonds. The second-order valence-electron chi connectivity index (χ2n) is 4.72. The first-order valence-electron chi connectivity index (χ1n) is 5.70. The Hall–Kier alpha value is -1.53. The Kier molecular flexibility index (Phi) is 2.12. The largest absolute Gasteiger partial charge is 0.316 e. The summed E-state index contributed by atoms with van der Waals surface area (Å²) in [7, 11) is 0. The molecule has 1 fully saturated rings. The Bertz CT molecular complexity index is 524. The Labute approximate surface area is 94.5 Å². The van der Waals surface area contributed by atoms with Crippen molar-refractivity contribution in [1.82, 2.24) is 9.88 Å². The summed E-state index contributed by atoms with van der Waals surface area (Å²) in [5.74, 6) is 3.61. The lowest BCUT2D eigenvalue weighted by Crippen LogP contribution is -2.44. The summed E-state index contributed by atoms with van der Waals surface area (Å²) in [6.07, 6.45) is 6.55. The zero-order valence-corrected chi connectivity index (χ0v) is 9.07. The van der Waals surface area contributed by atoms with Gasteiger partial charge in [-0.1, -0.05) is 5.92 Å². The van der Waals surface area contributed by atoms with Crippen LogP contribution in [0, 0.1) is 18.3 Å². The molecule has 0 radical (unpaired) electrons. The van der Waals surface area contributed by atoms with Crippen molar-refractivity contribution in [1.29, 1.82) is 0 Å². The predicted molar refractivity (Wildman–Crippen MR) is 62.4 cm³/mol. The molecule has 82 valence electrons. The van der Waals surface area contributed by atoms with E-state index in [1.807, 2.05) is 10.6 Å². The van der Waals surface area contributed by atoms with E-state index in [2.05, 4.69) is 11.2 Å². The zero-order valence-electron chi connectivity index (χ0n) is 9.07. The van der Waals surface area contributed by atoms with Gasteiger partial charge in [-0.2, -0.15) is 0 Å². The molecule has 16 heavy (non-hydrogen) atoms. The minimum atomic E-state index is 0.0575. The van der Waals surface area contributed by atoms with Crippen LogP contribution in [0.1, 0.15) is 23.6 Å². The van der Waals surface area contributed by atoms with Crippen LogP contribution in [-0.4, -0.2) is 17.7 Å². The topological polar surface area (TPSA) is 34.0 Å². The quantitative estimate of drug-likeness (QED) is 0.639. The molecule has 3 heteroatoms. The fourth-order valence-electron chi connectivity index (χ4n) is 2.89. The van der Waals surface area contributed by atoms with E-state index in [-0.39, 0.29) is 5.56 Å². The van der Waals surface area contributed by atoms with Crippen molar-refractivity contribution in [2.24, 2.45) is 5.92 Å². The molecule has 3 rings (SSSR count). The Morgan fingerprint density at radius 2 is 2.31 bits per heavy atom. The fraction of sp³-hybridized carbons (Fsp3) is 0.462. The van der Waals surface area contributed by atoms with Crippen molar-refractivity contribution in [3.63, 3.8) is 0 Å². The van der Waals surface area contributed by atoms with Crippen molar-refractivity contribution in [3.8, 4) is 12.3 Å². The van der Waals surface area contributed by atoms with E-state index in [4.69, 9.17) is 6.42 Å². The summed E-state index contributed by atoms with van der Waals surface area (Å²) < 4.78 is 1.90. The maximum absolute atomic E-state index is 11.9. The number of piperidine rings is 1. The first kappa shape index (κ1) is 9.68. The highest BCUT2D eigenvalue weighted by Gasteiger charge is 2.30. The van der Waals surface area contributed by atoms with E-state index in [1.54, 1.807) is 6.07 Å². The van der Waals surface area contributed by atoms with Crippen LogP contribution in [0.15, 0.2) is 16.9 Å². The number of hydrogen-bond donors (Lipinski definition) is 1. The van der Waals surface area contributed by atoms with E-state index in [0.717, 1.165) is 25.3 Å². The van der Waals surface area contributed by atoms with Gasteiger partial charge in [0.15, 0.2) is 0 Å². The summed E-state index contributed by atoms with van der Waals surface area (Å²) in [6, 6.07) is 3.56. The lowest BCUT2D eigenvalue weighted by molar-refractivity contribution is 0.257. The van der Waals surface area contributed by atoms with Crippen molar-refractivity contribution in [3.05, 3.63) is 33.7 Å². The molecule has 3 heterocycles. The van der Waals surface area contributed by atoms with Crippen LogP contribution in [0.3, 0.4) is 0 Å². The molecule has 0 saturated carbocycles. The highest BCUT2D eigenvalue weighted by molar-refractivity contribution is 5.34. The first-order chi connectivity index (χ1) is 7.78. The van der Waals surface area contributed by atoms with Gasteiger partial charge in [-0.05, 0) is 24.9 Å². The van der Waals surface area contributed by atoms with Gasteiger partial charge in [0.05, 0.1) is 0 Å². The maximum atomic E-state index is 11.9. The number of fused-ring (bicyclic) bond motifs is 4. The lowest BCUT2D eigenvalue weighted by atomic mass is 9.84. The van der Waals surface area contributed by atoms with Gasteiger partial charge in [0.25, 0.3) is 5.56 Å². The fourth-order valence-corrected chi connectivity index (χ4v) is 2.89. The highest BCUT2D eigenvalue weighted by Crippen LogP contribution is 2.31. The van der Waals surface area contributed by atoms with Crippen molar-refractivity contribution in [2.45, 2.75) is 18.9 Å². The number of pyridine rings is 1. The molecule has 0 aliphatic carbocycles. The number of nitrogens with one attached hydrogen (secondary N) is 1. The molecule has 1 aromatic heterocycles. The average molecular weight is 214 g/mol. The summed E-state index contributed by atoms with van der Waals surface area (Å²) >= 11 is 0. The van der Waals surface area contributed by atoms with Crippen LogP contribution in [-0.2, 0) is 6.54 Å². The van der Waals surface area contributed by atoms with Crippen molar-refractivity contribution >= 4 is 0 Å². The van der Waals surface area contributed by atoms with Crippen LogP contribution in [0.5, 0.6) is 0 Å². The second-order valence-corrected chi connectivity index (χ2v) is 4.72. The third-order valence-corrected chi connectivity index (χ3v) is 3.63. The minimum Gasteiger partial charge on any atom is -0.316 e. The predicted octanol–water partition coefficient (Wildman–Crippen LogP) is 0.536. The smallest absolute Gasteiger partial charge is 0.251 e. The lowest BCUT2D eigenvalue weighted by Gasteiger charge is -2.37. The van der Waals surface area contributed by atoms with Gasteiger partial charge < -0.3 is 9.88 Å². The molecule has 1 aromatic rings. The zero-order chi connectivity index (χ0) is 11.1. The Balaban J connectivity index is 2.17. The Morgan fingerprint density at radius 1 is 1.44 bits per heavy atom. The molecule has 0 spiro atoms. The number of terminal acetylenes is 1. The normalized spacial score (nSPS) is 26.9. The molecule has 0 aromatic carbocycles. The van der Waals surface area contributed by atoms with Gasteiger partial charge in [0.1, 0.15) is 0 Å². The van der Waals surface area contributed by atoms with Gasteiger partial charge in [-0.3, -0.25) is 4.79 Å². The molecule has 2 aliphatic heterocycles. The molecule has 2 aliphatic rings. The third-order valence-electron chi connectivity index (χ3n) is 3.63. The van der Waals surface area contributed by atoms with Gasteiger partial charge >= 0.3 is 0 Å². The average Bonchev–Trinajstić information content (AvgIpc) is 2.31. The third kappa shape index (κ3) is 1.38. The summed E-state index contributed by atoms with van der Waals surface area (Å²) in [5.41, 5.74) is 1.88. The highest BCUT2D eigenvalue weighted by atomic mass is 16.1.